The number of rotatable bonds is 7. The van der Waals surface area contributed by atoms with Gasteiger partial charge in [-0.1, -0.05) is 36.4 Å². The van der Waals surface area contributed by atoms with Gasteiger partial charge in [-0.15, -0.1) is 0 Å². The molecule has 0 spiro atoms. The number of nitrogens with zero attached hydrogens (tertiary/aromatic N) is 2. The number of methoxy groups -OCH3 is 1. The Hall–Kier alpha value is -2.79. The van der Waals surface area contributed by atoms with Crippen LogP contribution in [0.5, 0.6) is 5.75 Å². The van der Waals surface area contributed by atoms with E-state index in [-0.39, 0.29) is 11.9 Å². The van der Waals surface area contributed by atoms with E-state index in [2.05, 4.69) is 21.7 Å². The zero-order valence-corrected chi connectivity index (χ0v) is 16.4. The second kappa shape index (κ2) is 8.27. The van der Waals surface area contributed by atoms with Crippen LogP contribution in [0.2, 0.25) is 0 Å². The molecule has 142 valence electrons. The molecule has 1 heterocycles. The summed E-state index contributed by atoms with van der Waals surface area (Å²) in [6.07, 6.45) is 0. The van der Waals surface area contributed by atoms with Crippen LogP contribution in [-0.4, -0.2) is 43.1 Å². The van der Waals surface area contributed by atoms with Gasteiger partial charge in [-0.3, -0.25) is 4.79 Å². The van der Waals surface area contributed by atoms with Gasteiger partial charge in [-0.25, -0.2) is 0 Å². The third-order valence-electron chi connectivity index (χ3n) is 4.94. The van der Waals surface area contributed by atoms with Gasteiger partial charge in [-0.2, -0.15) is 0 Å². The Morgan fingerprint density at radius 1 is 1.15 bits per heavy atom. The molecule has 27 heavy (non-hydrogen) atoms. The fraction of sp³-hybridized carbons (Fsp3) is 0.318. The first kappa shape index (κ1) is 19.0. The number of likely N-dealkylation sites (N-methyl/N-ethyl adjacent to an activating group) is 1. The first-order chi connectivity index (χ1) is 13.1. The number of aryl methyl sites for hydroxylation is 1. The highest BCUT2D eigenvalue weighted by atomic mass is 16.5. The monoisotopic (exact) mass is 365 g/mol. The van der Waals surface area contributed by atoms with Crippen molar-refractivity contribution >= 4 is 16.8 Å². The molecule has 1 unspecified atom stereocenters. The van der Waals surface area contributed by atoms with Crippen molar-refractivity contribution in [3.05, 3.63) is 65.9 Å². The average molecular weight is 365 g/mol. The van der Waals surface area contributed by atoms with Crippen molar-refractivity contribution in [3.63, 3.8) is 0 Å². The number of hydrogen-bond acceptors (Lipinski definition) is 3. The maximum Gasteiger partial charge on any atom is 0.268 e. The molecule has 0 radical (unpaired) electrons. The minimum atomic E-state index is -0.0604. The van der Waals surface area contributed by atoms with Crippen molar-refractivity contribution in [1.29, 1.82) is 0 Å². The Bertz CT molecular complexity index is 930. The molecule has 0 fully saturated rings. The minimum absolute atomic E-state index is 0.0181. The lowest BCUT2D eigenvalue weighted by atomic mass is 10.0. The Kier molecular flexibility index (Phi) is 5.81. The fourth-order valence-corrected chi connectivity index (χ4v) is 3.53. The van der Waals surface area contributed by atoms with Crippen LogP contribution in [0.15, 0.2) is 54.6 Å². The van der Waals surface area contributed by atoms with Crippen molar-refractivity contribution in [2.24, 2.45) is 0 Å². The molecule has 0 aliphatic rings. The molecule has 5 nitrogen and oxygen atoms in total. The third-order valence-corrected chi connectivity index (χ3v) is 4.94. The van der Waals surface area contributed by atoms with Gasteiger partial charge in [0.1, 0.15) is 11.4 Å². The normalized spacial score (nSPS) is 12.3. The molecule has 5 heteroatoms. The molecule has 1 N–H and O–H groups in total. The SMILES string of the molecule is CCn1c(C(=O)NCC(c2ccccc2OC)N(C)C)cc2ccccc21. The maximum atomic E-state index is 12.9. The highest BCUT2D eigenvalue weighted by Crippen LogP contribution is 2.27. The van der Waals surface area contributed by atoms with Crippen LogP contribution in [-0.2, 0) is 6.54 Å². The summed E-state index contributed by atoms with van der Waals surface area (Å²) in [6, 6.07) is 18.0. The summed E-state index contributed by atoms with van der Waals surface area (Å²) in [6.45, 7) is 3.30. The van der Waals surface area contributed by atoms with E-state index in [4.69, 9.17) is 4.74 Å². The van der Waals surface area contributed by atoms with Gasteiger partial charge in [0.15, 0.2) is 0 Å². The summed E-state index contributed by atoms with van der Waals surface area (Å²) in [4.78, 5) is 15.0. The number of ether oxygens (including phenoxy) is 1. The second-order valence-electron chi connectivity index (χ2n) is 6.76. The van der Waals surface area contributed by atoms with E-state index in [1.54, 1.807) is 7.11 Å². The zero-order chi connectivity index (χ0) is 19.4. The molecule has 3 rings (SSSR count). The van der Waals surface area contributed by atoms with Crippen molar-refractivity contribution in [2.45, 2.75) is 19.5 Å². The lowest BCUT2D eigenvalue weighted by Crippen LogP contribution is -2.35. The standard InChI is InChI=1S/C22H27N3O2/c1-5-25-18-12-8-6-10-16(18)14-19(25)22(26)23-15-20(24(2)3)17-11-7-9-13-21(17)27-4/h6-14,20H,5,15H2,1-4H3,(H,23,26). The minimum Gasteiger partial charge on any atom is -0.496 e. The lowest BCUT2D eigenvalue weighted by molar-refractivity contribution is 0.0932. The van der Waals surface area contributed by atoms with Crippen molar-refractivity contribution < 1.29 is 9.53 Å². The van der Waals surface area contributed by atoms with E-state index in [1.807, 2.05) is 68.7 Å². The number of benzene rings is 2. The van der Waals surface area contributed by atoms with E-state index in [0.29, 0.717) is 12.2 Å². The zero-order valence-electron chi connectivity index (χ0n) is 16.4. The van der Waals surface area contributed by atoms with Gasteiger partial charge in [0, 0.05) is 29.6 Å². The Balaban J connectivity index is 1.83. The van der Waals surface area contributed by atoms with Crippen LogP contribution in [0.4, 0.5) is 0 Å². The van der Waals surface area contributed by atoms with Crippen LogP contribution < -0.4 is 10.1 Å². The lowest BCUT2D eigenvalue weighted by Gasteiger charge is -2.26. The number of aromatic nitrogens is 1. The first-order valence-corrected chi connectivity index (χ1v) is 9.22. The van der Waals surface area contributed by atoms with E-state index >= 15 is 0 Å². The molecule has 3 aromatic rings. The van der Waals surface area contributed by atoms with Crippen LogP contribution >= 0.6 is 0 Å². The maximum absolute atomic E-state index is 12.9. The largest absolute Gasteiger partial charge is 0.496 e. The molecule has 0 aliphatic carbocycles. The van der Waals surface area contributed by atoms with Gasteiger partial charge >= 0.3 is 0 Å². The van der Waals surface area contributed by atoms with Crippen LogP contribution in [0.25, 0.3) is 10.9 Å². The van der Waals surface area contributed by atoms with Gasteiger partial charge in [0.05, 0.1) is 13.2 Å². The quantitative estimate of drug-likeness (QED) is 0.694. The summed E-state index contributed by atoms with van der Waals surface area (Å²) in [5, 5.41) is 4.19. The van der Waals surface area contributed by atoms with Crippen LogP contribution in [0.3, 0.4) is 0 Å². The number of carbonyl (C=O) groups is 1. The molecule has 0 saturated carbocycles. The molecule has 1 aromatic heterocycles. The molecular formula is C22H27N3O2. The smallest absolute Gasteiger partial charge is 0.268 e. The topological polar surface area (TPSA) is 46.5 Å². The van der Waals surface area contributed by atoms with Gasteiger partial charge in [0.2, 0.25) is 0 Å². The molecule has 1 atom stereocenters. The highest BCUT2D eigenvalue weighted by Gasteiger charge is 2.21. The van der Waals surface area contributed by atoms with Gasteiger partial charge in [-0.05, 0) is 39.2 Å². The molecule has 0 bridgehead atoms. The highest BCUT2D eigenvalue weighted by molar-refractivity contribution is 5.98. The van der Waals surface area contributed by atoms with Crippen LogP contribution in [0.1, 0.15) is 29.0 Å². The number of fused-ring (bicyclic) bond motifs is 1. The first-order valence-electron chi connectivity index (χ1n) is 9.22. The Morgan fingerprint density at radius 2 is 1.85 bits per heavy atom. The average Bonchev–Trinajstić information content (AvgIpc) is 3.06. The molecule has 1 amide bonds. The molecular weight excluding hydrogens is 338 g/mol. The van der Waals surface area contributed by atoms with Gasteiger partial charge in [0.25, 0.3) is 5.91 Å². The predicted molar refractivity (Wildman–Crippen MR) is 109 cm³/mol. The van der Waals surface area contributed by atoms with Crippen molar-refractivity contribution in [1.82, 2.24) is 14.8 Å². The summed E-state index contributed by atoms with van der Waals surface area (Å²) in [5.74, 6) is 0.767. The fourth-order valence-electron chi connectivity index (χ4n) is 3.53. The number of hydrogen-bond donors (Lipinski definition) is 1. The van der Waals surface area contributed by atoms with Gasteiger partial charge < -0.3 is 19.5 Å². The second-order valence-corrected chi connectivity index (χ2v) is 6.76. The number of nitrogens with one attached hydrogen (secondary N) is 1. The summed E-state index contributed by atoms with van der Waals surface area (Å²) in [5.41, 5.74) is 2.83. The third kappa shape index (κ3) is 3.83. The Labute approximate surface area is 160 Å². The number of para-hydroxylation sites is 2. The van der Waals surface area contributed by atoms with E-state index in [1.165, 1.54) is 0 Å². The molecule has 0 aliphatic heterocycles. The van der Waals surface area contributed by atoms with E-state index < -0.39 is 0 Å². The van der Waals surface area contributed by atoms with Crippen molar-refractivity contribution in [3.8, 4) is 5.75 Å². The summed E-state index contributed by atoms with van der Waals surface area (Å²) in [7, 11) is 5.68. The Morgan fingerprint density at radius 3 is 2.56 bits per heavy atom. The molecule has 0 saturated heterocycles. The van der Waals surface area contributed by atoms with E-state index in [9.17, 15) is 4.79 Å². The molecule has 2 aromatic carbocycles. The number of amides is 1. The predicted octanol–water partition coefficient (Wildman–Crippen LogP) is 3.70. The van der Waals surface area contributed by atoms with Crippen LogP contribution in [0, 0.1) is 0 Å². The summed E-state index contributed by atoms with van der Waals surface area (Å²) < 4.78 is 7.55. The van der Waals surface area contributed by atoms with Crippen molar-refractivity contribution in [2.75, 3.05) is 27.7 Å². The van der Waals surface area contributed by atoms with E-state index in [0.717, 1.165) is 28.8 Å². The number of carbonyl (C=O) groups excluding carboxylic acids is 1. The summed E-state index contributed by atoms with van der Waals surface area (Å²) >= 11 is 0.